The molecule has 5 nitrogen and oxygen atoms in total. The topological polar surface area (TPSA) is 63.7 Å². The molecule has 94 valence electrons. The van der Waals surface area contributed by atoms with Crippen LogP contribution in [0.3, 0.4) is 0 Å². The van der Waals surface area contributed by atoms with Gasteiger partial charge in [0.1, 0.15) is 0 Å². The molecule has 0 spiro atoms. The molecule has 0 bridgehead atoms. The normalized spacial score (nSPS) is 22.6. The lowest BCUT2D eigenvalue weighted by Gasteiger charge is -2.45. The smallest absolute Gasteiger partial charge is 0.280 e. The van der Waals surface area contributed by atoms with E-state index in [9.17, 15) is 14.4 Å². The highest BCUT2D eigenvalue weighted by molar-refractivity contribution is 8.14. The maximum absolute atomic E-state index is 11.4. The molecule has 1 amide bonds. The van der Waals surface area contributed by atoms with Crippen molar-refractivity contribution in [3.8, 4) is 0 Å². The number of nitrogens with zero attached hydrogens (tertiary/aromatic N) is 1. The minimum Gasteiger partial charge on any atom is -0.332 e. The molecule has 1 heterocycles. The summed E-state index contributed by atoms with van der Waals surface area (Å²) < 4.78 is 5.07. The van der Waals surface area contributed by atoms with Gasteiger partial charge in [-0.25, -0.2) is 0 Å². The van der Waals surface area contributed by atoms with E-state index in [-0.39, 0.29) is 24.1 Å². The van der Waals surface area contributed by atoms with Crippen molar-refractivity contribution in [2.75, 3.05) is 6.61 Å². The number of ether oxygens (including phenoxy) is 1. The first kappa shape index (κ1) is 14.2. The fourth-order valence-corrected chi connectivity index (χ4v) is 2.70. The van der Waals surface area contributed by atoms with E-state index in [1.165, 1.54) is 13.0 Å². The number of likely N-dealkylation sites (tertiary alicyclic amines) is 1. The second-order valence-corrected chi connectivity index (χ2v) is 5.25. The molecule has 1 rings (SSSR count). The van der Waals surface area contributed by atoms with E-state index in [1.54, 1.807) is 0 Å². The lowest BCUT2D eigenvalue weighted by atomic mass is 10.2. The van der Waals surface area contributed by atoms with Crippen molar-refractivity contribution in [2.45, 2.75) is 23.9 Å². The SMILES string of the molecule is C=CCOC(Cl)(C=O)N1C(=O)CC1SC(C)=O. The third-order valence-corrected chi connectivity index (χ3v) is 3.45. The zero-order chi connectivity index (χ0) is 13.1. The Morgan fingerprint density at radius 1 is 1.82 bits per heavy atom. The summed E-state index contributed by atoms with van der Waals surface area (Å²) in [5.41, 5.74) is 0. The molecule has 0 aromatic carbocycles. The van der Waals surface area contributed by atoms with Gasteiger partial charge in [-0.15, -0.1) is 6.58 Å². The van der Waals surface area contributed by atoms with Crippen LogP contribution in [0.2, 0.25) is 0 Å². The Labute approximate surface area is 108 Å². The van der Waals surface area contributed by atoms with Crippen LogP contribution < -0.4 is 0 Å². The van der Waals surface area contributed by atoms with Gasteiger partial charge in [0.25, 0.3) is 5.18 Å². The summed E-state index contributed by atoms with van der Waals surface area (Å²) >= 11 is 6.87. The summed E-state index contributed by atoms with van der Waals surface area (Å²) in [6.45, 7) is 4.84. The van der Waals surface area contributed by atoms with E-state index in [1.807, 2.05) is 0 Å². The number of thioether (sulfide) groups is 1. The Balaban J connectivity index is 2.78. The van der Waals surface area contributed by atoms with Crippen LogP contribution in [-0.4, -0.2) is 39.4 Å². The van der Waals surface area contributed by atoms with E-state index >= 15 is 0 Å². The van der Waals surface area contributed by atoms with Gasteiger partial charge in [-0.05, 0) is 0 Å². The van der Waals surface area contributed by atoms with Crippen molar-refractivity contribution in [1.82, 2.24) is 4.90 Å². The molecular weight excluding hydrogens is 266 g/mol. The van der Waals surface area contributed by atoms with Crippen LogP contribution in [0.25, 0.3) is 0 Å². The molecule has 1 aliphatic rings. The number of alkyl halides is 1. The predicted octanol–water partition coefficient (Wildman–Crippen LogP) is 1.12. The molecule has 0 N–H and O–H groups in total. The molecule has 0 aliphatic carbocycles. The lowest BCUT2D eigenvalue weighted by Crippen LogP contribution is -2.62. The van der Waals surface area contributed by atoms with Crippen LogP contribution in [0.1, 0.15) is 13.3 Å². The number of β-lactam (4-membered cyclic amide) rings is 1. The van der Waals surface area contributed by atoms with Crippen LogP contribution in [0.4, 0.5) is 0 Å². The average Bonchev–Trinajstić information content (AvgIpc) is 2.24. The van der Waals surface area contributed by atoms with Crippen molar-refractivity contribution in [2.24, 2.45) is 0 Å². The number of hydrogen-bond donors (Lipinski definition) is 0. The van der Waals surface area contributed by atoms with E-state index < -0.39 is 10.6 Å². The van der Waals surface area contributed by atoms with E-state index in [0.29, 0.717) is 6.29 Å². The lowest BCUT2D eigenvalue weighted by molar-refractivity contribution is -0.172. The number of rotatable bonds is 6. The molecule has 2 atom stereocenters. The molecule has 1 saturated heterocycles. The fraction of sp³-hybridized carbons (Fsp3) is 0.500. The van der Waals surface area contributed by atoms with E-state index in [0.717, 1.165) is 16.7 Å². The number of aldehydes is 1. The zero-order valence-corrected chi connectivity index (χ0v) is 10.8. The summed E-state index contributed by atoms with van der Waals surface area (Å²) in [5, 5.41) is -2.45. The van der Waals surface area contributed by atoms with E-state index in [2.05, 4.69) is 6.58 Å². The molecule has 0 aromatic rings. The highest BCUT2D eigenvalue weighted by Gasteiger charge is 2.51. The number of halogens is 1. The molecule has 17 heavy (non-hydrogen) atoms. The van der Waals surface area contributed by atoms with Crippen LogP contribution in [0, 0.1) is 0 Å². The van der Waals surface area contributed by atoms with Crippen LogP contribution >= 0.6 is 23.4 Å². The molecule has 0 radical (unpaired) electrons. The third-order valence-electron chi connectivity index (χ3n) is 2.09. The van der Waals surface area contributed by atoms with Gasteiger partial charge in [0.2, 0.25) is 5.91 Å². The summed E-state index contributed by atoms with van der Waals surface area (Å²) in [5.74, 6) is -0.324. The number of carbonyl (C=O) groups is 3. The Hall–Kier alpha value is -0.850. The average molecular weight is 278 g/mol. The summed E-state index contributed by atoms with van der Waals surface area (Å²) in [4.78, 5) is 34.4. The first-order valence-corrected chi connectivity index (χ1v) is 6.10. The minimum absolute atomic E-state index is 0.0312. The Bertz CT molecular complexity index is 362. The zero-order valence-electron chi connectivity index (χ0n) is 9.22. The van der Waals surface area contributed by atoms with Crippen LogP contribution in [0.15, 0.2) is 12.7 Å². The maximum atomic E-state index is 11.4. The summed E-state index contributed by atoms with van der Waals surface area (Å²) in [7, 11) is 0. The molecule has 1 aliphatic heterocycles. The fourth-order valence-electron chi connectivity index (χ4n) is 1.38. The summed E-state index contributed by atoms with van der Waals surface area (Å²) in [6.07, 6.45) is 1.92. The first-order valence-electron chi connectivity index (χ1n) is 4.84. The Morgan fingerprint density at radius 2 is 2.47 bits per heavy atom. The molecule has 0 aromatic heterocycles. The standard InChI is InChI=1S/C10H12ClNO4S/c1-3-4-16-10(11,6-13)12-8(15)5-9(12)17-7(2)14/h3,6,9H,1,4-5H2,2H3. The monoisotopic (exact) mass is 277 g/mol. The highest BCUT2D eigenvalue weighted by atomic mass is 35.5. The van der Waals surface area contributed by atoms with Gasteiger partial charge < -0.3 is 4.74 Å². The Morgan fingerprint density at radius 3 is 2.88 bits per heavy atom. The van der Waals surface area contributed by atoms with Gasteiger partial charge in [-0.3, -0.25) is 19.3 Å². The third kappa shape index (κ3) is 3.08. The minimum atomic E-state index is -1.85. The second-order valence-electron chi connectivity index (χ2n) is 3.36. The van der Waals surface area contributed by atoms with Gasteiger partial charge in [-0.2, -0.15) is 0 Å². The predicted molar refractivity (Wildman–Crippen MR) is 64.3 cm³/mol. The number of amides is 1. The largest absolute Gasteiger partial charge is 0.332 e. The molecule has 2 unspecified atom stereocenters. The highest BCUT2D eigenvalue weighted by Crippen LogP contribution is 2.38. The van der Waals surface area contributed by atoms with E-state index in [4.69, 9.17) is 16.3 Å². The number of hydrogen-bond acceptors (Lipinski definition) is 5. The second kappa shape index (κ2) is 5.66. The Kier molecular flexibility index (Phi) is 4.73. The summed E-state index contributed by atoms with van der Waals surface area (Å²) in [6, 6.07) is 0. The van der Waals surface area contributed by atoms with Crippen molar-refractivity contribution in [3.05, 3.63) is 12.7 Å². The number of carbonyl (C=O) groups excluding carboxylic acids is 3. The molecule has 0 saturated carbocycles. The van der Waals surface area contributed by atoms with Gasteiger partial charge in [-0.1, -0.05) is 29.4 Å². The first-order chi connectivity index (χ1) is 7.94. The molecular formula is C10H12ClNO4S. The van der Waals surface area contributed by atoms with Crippen molar-refractivity contribution in [1.29, 1.82) is 0 Å². The molecule has 7 heteroatoms. The molecule has 1 fully saturated rings. The van der Waals surface area contributed by atoms with Gasteiger partial charge in [0, 0.05) is 6.92 Å². The van der Waals surface area contributed by atoms with Gasteiger partial charge in [0.05, 0.1) is 18.4 Å². The maximum Gasteiger partial charge on any atom is 0.280 e. The van der Waals surface area contributed by atoms with Crippen molar-refractivity contribution in [3.63, 3.8) is 0 Å². The van der Waals surface area contributed by atoms with Crippen molar-refractivity contribution >= 4 is 40.7 Å². The van der Waals surface area contributed by atoms with Gasteiger partial charge >= 0.3 is 0 Å². The van der Waals surface area contributed by atoms with Gasteiger partial charge in [0.15, 0.2) is 11.4 Å². The quantitative estimate of drug-likeness (QED) is 0.239. The van der Waals surface area contributed by atoms with Crippen LogP contribution in [0.5, 0.6) is 0 Å². The van der Waals surface area contributed by atoms with Crippen molar-refractivity contribution < 1.29 is 19.1 Å². The van der Waals surface area contributed by atoms with Crippen LogP contribution in [-0.2, 0) is 19.1 Å².